The van der Waals surface area contributed by atoms with Crippen LogP contribution in [-0.4, -0.2) is 160 Å². The van der Waals surface area contributed by atoms with Gasteiger partial charge in [0, 0.05) is 75.7 Å². The monoisotopic (exact) mass is 2090 g/mol. The molecule has 4 aliphatic rings. The molecule has 0 spiro atoms. The standard InChI is InChI=1S/C26H23N4O6P.C24H24F3N4O6P.C24H21N4O7P.C24H27N4O7P/c1-35-37(34)21-13-17(36-15-22(27)31)11-12-19(21)28-25(29-37)23-24(32)18-9-5-6-10-20(18)30(26(23)33)14-16-7-3-2-4-8-16;1-13(24(25,26)27)9-10-31-17-6-4-3-5-15(17)21(33)20(23(31)34)22-29-16-8-7-14(37-12-19(28)32)11-18(16)38(35,30-22)36-2;1-33-36(32)19-10-15(35-13-20(25)29)6-7-17(19)26-23(27-36)21-22(30)16-4-2-3-5-18(16)28(24(21)31)11-14-8-9-34-12-14;1-14(33-2)10-11-28-18-7-5-4-6-16(18)22(30)21(24(28)31)23-26-17-9-8-15(35-13-20(25)29)12-19(17)36(32,27-23)34-3/h2-13,32H,14-15H2,1H3,(H2,27,31)(H,28,29,34);3-8,11,13,33H,9-10,12H2,1-2H3,(H2,28,32)(H,29,30,35);2-10,12,30H,11,13H2,1H3,(H2,25,29)(H,26,27,32);4-9,12,14,30H,10-11,13H2,1-3H3,(H2,25,29)(H,26,27,32). The van der Waals surface area contributed by atoms with Crippen LogP contribution >= 0.6 is 30.1 Å². The summed E-state index contributed by atoms with van der Waals surface area (Å²) in [7, 11) is -9.26. The average molecular weight is 2090 g/mol. The van der Waals surface area contributed by atoms with Crippen molar-refractivity contribution in [3.8, 4) is 46.0 Å². The zero-order valence-electron chi connectivity index (χ0n) is 79.1. The molecule has 6 unspecified atom stereocenters. The Morgan fingerprint density at radius 3 is 0.925 bits per heavy atom. The third kappa shape index (κ3) is 22.2. The zero-order valence-corrected chi connectivity index (χ0v) is 82.7. The van der Waals surface area contributed by atoms with E-state index in [0.717, 1.165) is 29.7 Å². The lowest BCUT2D eigenvalue weighted by molar-refractivity contribution is -0.171. The number of anilines is 4. The highest BCUT2D eigenvalue weighted by atomic mass is 31.2. The number of methoxy groups -OCH3 is 1. The van der Waals surface area contributed by atoms with Gasteiger partial charge in [0.1, 0.15) is 68.2 Å². The van der Waals surface area contributed by atoms with E-state index in [-0.39, 0.29) is 176 Å². The Morgan fingerprint density at radius 2 is 0.653 bits per heavy atom. The lowest BCUT2D eigenvalue weighted by Gasteiger charge is -2.25. The number of para-hydroxylation sites is 4. The third-order valence-electron chi connectivity index (χ3n) is 23.7. The average Bonchev–Trinajstić information content (AvgIpc) is 0.979. The number of pyridine rings is 4. The predicted molar refractivity (Wildman–Crippen MR) is 546 cm³/mol. The van der Waals surface area contributed by atoms with Crippen molar-refractivity contribution in [2.75, 3.05) is 83.2 Å². The normalized spacial score (nSPS) is 17.2. The maximum Gasteiger partial charge on any atom is 0.391 e. The van der Waals surface area contributed by atoms with Gasteiger partial charge in [-0.15, -0.1) is 0 Å². The van der Waals surface area contributed by atoms with Gasteiger partial charge < -0.3 is 129 Å². The van der Waals surface area contributed by atoms with Crippen LogP contribution in [0, 0.1) is 5.92 Å². The van der Waals surface area contributed by atoms with Crippen LogP contribution in [-0.2, 0) is 86.4 Å². The number of aromatic nitrogens is 4. The number of rotatable bonds is 31. The number of nitrogens with one attached hydrogen (secondary N) is 4. The first-order chi connectivity index (χ1) is 70.1. The molecule has 4 amide bonds. The number of nitrogens with zero attached hydrogens (tertiary/aromatic N) is 8. The number of amides is 4. The van der Waals surface area contributed by atoms with Gasteiger partial charge in [0.2, 0.25) is 0 Å². The summed E-state index contributed by atoms with van der Waals surface area (Å²) in [5, 5.41) is 58.5. The summed E-state index contributed by atoms with van der Waals surface area (Å²) < 4.78 is 170. The number of hydrogen-bond donors (Lipinski definition) is 12. The molecule has 6 atom stereocenters. The van der Waals surface area contributed by atoms with Crippen molar-refractivity contribution >= 4 is 165 Å². The number of fused-ring (bicyclic) bond motifs is 8. The topological polar surface area (TPSA) is 603 Å². The lowest BCUT2D eigenvalue weighted by Crippen LogP contribution is -2.34. The van der Waals surface area contributed by atoms with Crippen LogP contribution in [0.2, 0.25) is 0 Å². The van der Waals surface area contributed by atoms with Gasteiger partial charge in [-0.1, -0.05) is 85.8 Å². The van der Waals surface area contributed by atoms with Gasteiger partial charge in [-0.05, 0) is 153 Å². The number of carbonyl (C=O) groups excluding carboxylic acids is 4. The van der Waals surface area contributed by atoms with E-state index < -0.39 is 100 Å². The maximum absolute atomic E-state index is 13.8. The molecule has 0 bridgehead atoms. The Morgan fingerprint density at radius 1 is 0.381 bits per heavy atom. The fourth-order valence-corrected chi connectivity index (χ4v) is 22.3. The molecule has 0 fully saturated rings. The van der Waals surface area contributed by atoms with Gasteiger partial charge in [0.15, 0.2) is 49.8 Å². The second kappa shape index (κ2) is 43.8. The number of furan rings is 1. The van der Waals surface area contributed by atoms with Gasteiger partial charge in [0.05, 0.1) is 104 Å². The molecule has 147 heavy (non-hydrogen) atoms. The first kappa shape index (κ1) is 105. The fraction of sp³-hybridized carbons (Fsp3) is 0.204. The number of hydrogen-bond acceptors (Lipinski definition) is 30. The second-order valence-electron chi connectivity index (χ2n) is 33.2. The largest absolute Gasteiger partial charge is 0.506 e. The molecule has 42 nitrogen and oxygen atoms in total. The summed E-state index contributed by atoms with van der Waals surface area (Å²) in [6.07, 6.45) is -1.34. The van der Waals surface area contributed by atoms with Crippen LogP contribution in [0.4, 0.5) is 35.9 Å². The molecule has 49 heteroatoms. The molecule has 0 radical (unpaired) electrons. The summed E-state index contributed by atoms with van der Waals surface area (Å²) in [4.78, 5) is 99.0. The van der Waals surface area contributed by atoms with E-state index in [2.05, 4.69) is 40.3 Å². The smallest absolute Gasteiger partial charge is 0.391 e. The fourth-order valence-electron chi connectivity index (χ4n) is 16.2. The molecule has 9 heterocycles. The quantitative estimate of drug-likeness (QED) is 0.0180. The van der Waals surface area contributed by atoms with Crippen LogP contribution in [0.5, 0.6) is 46.0 Å². The zero-order chi connectivity index (χ0) is 105. The number of ether oxygens (including phenoxy) is 5. The van der Waals surface area contributed by atoms with Crippen molar-refractivity contribution in [1.29, 1.82) is 0 Å². The number of halogens is 3. The summed E-state index contributed by atoms with van der Waals surface area (Å²) in [6, 6.07) is 56.1. The van der Waals surface area contributed by atoms with Crippen LogP contribution in [0.15, 0.2) is 261 Å². The SMILES string of the molecule is COC(C)CCn1c(=O)c(C2=NP(=O)(OC)c3cc(OCC(N)=O)ccc3N2)c(O)c2ccccc21.COP1(=O)N=C(c2c(O)c3ccccc3n(CCC(C)C(F)(F)F)c2=O)Nc2ccc(OCC(N)=O)cc21.COP1(=O)N=C(c2c(O)c3ccccc3n(Cc3ccccc3)c2=O)Nc2ccc(OCC(N)=O)cc21.COP1(=O)N=C(c2c(O)c3ccccc3n(Cc3ccoc3)c2=O)Nc2ccc(OCC(N)=O)cc21. The number of carbonyl (C=O) groups is 4. The lowest BCUT2D eigenvalue weighted by atomic mass is 10.1. The summed E-state index contributed by atoms with van der Waals surface area (Å²) in [5.41, 5.74) is 22.0. The highest BCUT2D eigenvalue weighted by Gasteiger charge is 2.43. The Bertz CT molecular complexity index is 8200. The van der Waals surface area contributed by atoms with E-state index in [1.165, 1.54) is 102 Å². The number of aryl methyl sites for hydroxylation is 2. The molecule has 764 valence electrons. The number of primary amides is 4. The van der Waals surface area contributed by atoms with E-state index in [0.29, 0.717) is 62.7 Å². The molecule has 0 saturated carbocycles. The molecule has 4 aliphatic heterocycles. The first-order valence-electron chi connectivity index (χ1n) is 44.5. The predicted octanol–water partition coefficient (Wildman–Crippen LogP) is 11.3. The Balaban J connectivity index is 0.000000147. The van der Waals surface area contributed by atoms with E-state index in [9.17, 15) is 90.2 Å². The second-order valence-corrected chi connectivity index (χ2v) is 41.5. The molecule has 9 aromatic carbocycles. The highest BCUT2D eigenvalue weighted by Crippen LogP contribution is 2.57. The highest BCUT2D eigenvalue weighted by molar-refractivity contribution is 7.67. The van der Waals surface area contributed by atoms with Crippen LogP contribution in [0.3, 0.4) is 0 Å². The minimum absolute atomic E-state index is 0.0744. The van der Waals surface area contributed by atoms with Gasteiger partial charge in [-0.2, -0.15) is 32.2 Å². The van der Waals surface area contributed by atoms with E-state index >= 15 is 0 Å². The van der Waals surface area contributed by atoms with E-state index in [4.69, 9.17) is 69.1 Å². The molecule has 18 rings (SSSR count). The minimum atomic E-state index is -4.44. The van der Waals surface area contributed by atoms with Crippen molar-refractivity contribution in [3.63, 3.8) is 0 Å². The van der Waals surface area contributed by atoms with Crippen LogP contribution < -0.4 is 107 Å². The van der Waals surface area contributed by atoms with Gasteiger partial charge in [0.25, 0.3) is 45.9 Å². The molecule has 14 aromatic rings. The maximum atomic E-state index is 13.8. The van der Waals surface area contributed by atoms with E-state index in [1.807, 2.05) is 37.3 Å². The van der Waals surface area contributed by atoms with Crippen molar-refractivity contribution in [2.45, 2.75) is 65.1 Å². The van der Waals surface area contributed by atoms with Gasteiger partial charge in [-0.3, -0.25) is 56.6 Å². The van der Waals surface area contributed by atoms with Crippen molar-refractivity contribution in [2.24, 2.45) is 47.9 Å². The van der Waals surface area contributed by atoms with Gasteiger partial charge >= 0.3 is 36.3 Å². The summed E-state index contributed by atoms with van der Waals surface area (Å²) in [6.45, 7) is 1.88. The first-order valence-corrected chi connectivity index (χ1v) is 50.8. The van der Waals surface area contributed by atoms with Crippen molar-refractivity contribution in [3.05, 3.63) is 294 Å². The van der Waals surface area contributed by atoms with E-state index in [1.54, 1.807) is 128 Å². The molecule has 0 aliphatic carbocycles. The molecule has 16 N–H and O–H groups in total. The number of nitrogens with two attached hydrogens (primary N) is 4. The molecular formula is C98H95F3N16O26P4. The Labute approximate surface area is 831 Å². The summed E-state index contributed by atoms with van der Waals surface area (Å²) in [5.74, 6) is -5.42. The van der Waals surface area contributed by atoms with Crippen LogP contribution in [0.1, 0.15) is 60.1 Å². The number of amidine groups is 4. The Kier molecular flexibility index (Phi) is 31.3. The third-order valence-corrected chi connectivity index (χ3v) is 31.4. The van der Waals surface area contributed by atoms with Crippen LogP contribution in [0.25, 0.3) is 43.6 Å². The Hall–Kier alpha value is -16.2. The number of alkyl halides is 3. The van der Waals surface area contributed by atoms with Crippen molar-refractivity contribution < 1.29 is 117 Å². The van der Waals surface area contributed by atoms with Crippen molar-refractivity contribution in [1.82, 2.24) is 18.3 Å². The molecular weight excluding hydrogens is 2000 g/mol. The summed E-state index contributed by atoms with van der Waals surface area (Å²) >= 11 is 0. The molecule has 5 aromatic heterocycles. The molecule has 0 saturated heterocycles. The number of benzene rings is 9. The van der Waals surface area contributed by atoms with Gasteiger partial charge in [-0.25, -0.2) is 0 Å². The minimum Gasteiger partial charge on any atom is -0.506 e. The number of aromatic hydroxyl groups is 4.